The van der Waals surface area contributed by atoms with Crippen molar-refractivity contribution < 1.29 is 4.79 Å². The number of hydrogen-bond donors (Lipinski definition) is 0. The molecule has 0 aliphatic carbocycles. The molecule has 1 aromatic rings. The second kappa shape index (κ2) is 2.13. The first kappa shape index (κ1) is 6.20. The van der Waals surface area contributed by atoms with Crippen LogP contribution in [0.15, 0.2) is 4.79 Å². The summed E-state index contributed by atoms with van der Waals surface area (Å²) in [4.78, 5) is 20.5. The van der Waals surface area contributed by atoms with Crippen LogP contribution in [-0.2, 0) is 6.42 Å². The van der Waals surface area contributed by atoms with Gasteiger partial charge in [0.15, 0.2) is 11.7 Å². The van der Waals surface area contributed by atoms with E-state index < -0.39 is 0 Å². The van der Waals surface area contributed by atoms with E-state index in [1.807, 2.05) is 6.92 Å². The highest BCUT2D eigenvalue weighted by Gasteiger charge is 2.19. The molecule has 0 amide bonds. The Kier molecular flexibility index (Phi) is 1.47. The van der Waals surface area contributed by atoms with Gasteiger partial charge in [-0.1, -0.05) is 13.3 Å². The Morgan fingerprint density at radius 2 is 2.22 bits per heavy atom. The van der Waals surface area contributed by atoms with Crippen LogP contribution in [-0.4, -0.2) is 6.29 Å². The van der Waals surface area contributed by atoms with Crippen LogP contribution in [0.1, 0.15) is 29.3 Å². The molecule has 0 radical (unpaired) electrons. The molecule has 0 N–H and O–H groups in total. The van der Waals surface area contributed by atoms with Gasteiger partial charge in [0.2, 0.25) is 0 Å². The van der Waals surface area contributed by atoms with Gasteiger partial charge in [0.25, 0.3) is 0 Å². The van der Waals surface area contributed by atoms with E-state index in [2.05, 4.69) is 0 Å². The highest BCUT2D eigenvalue weighted by atomic mass is 16.1. The maximum absolute atomic E-state index is 10.5. The lowest BCUT2D eigenvalue weighted by Gasteiger charge is -1.77. The smallest absolute Gasteiger partial charge is 0.193 e. The van der Waals surface area contributed by atoms with Crippen molar-refractivity contribution >= 4 is 6.29 Å². The second-order valence-electron chi connectivity index (χ2n) is 2.09. The van der Waals surface area contributed by atoms with Crippen LogP contribution >= 0.6 is 0 Å². The Bertz CT molecular complexity index is 228. The minimum atomic E-state index is -0.0214. The zero-order valence-electron chi connectivity index (χ0n) is 5.31. The van der Waals surface area contributed by atoms with Crippen molar-refractivity contribution in [1.82, 2.24) is 0 Å². The van der Waals surface area contributed by atoms with Crippen LogP contribution in [0.25, 0.3) is 0 Å². The van der Waals surface area contributed by atoms with Gasteiger partial charge in [0, 0.05) is 5.56 Å². The zero-order valence-corrected chi connectivity index (χ0v) is 5.31. The van der Waals surface area contributed by atoms with E-state index in [0.29, 0.717) is 11.8 Å². The topological polar surface area (TPSA) is 34.1 Å². The summed E-state index contributed by atoms with van der Waals surface area (Å²) in [5, 5.41) is 0. The van der Waals surface area contributed by atoms with Gasteiger partial charge in [0.05, 0.1) is 5.56 Å². The molecule has 0 fully saturated rings. The molecule has 0 aliphatic heterocycles. The summed E-state index contributed by atoms with van der Waals surface area (Å²) in [7, 11) is 0. The van der Waals surface area contributed by atoms with Gasteiger partial charge in [-0.2, -0.15) is 0 Å². The predicted molar refractivity (Wildman–Crippen MR) is 34.5 cm³/mol. The molecule has 0 aliphatic rings. The molecular weight excluding hydrogens is 116 g/mol. The Labute approximate surface area is 53.2 Å². The Morgan fingerprint density at radius 3 is 2.56 bits per heavy atom. The SMILES string of the molecule is CCCc1c(C=O)c1=O. The molecule has 0 unspecified atom stereocenters. The molecule has 0 spiro atoms. The molecule has 2 heteroatoms. The van der Waals surface area contributed by atoms with E-state index in [9.17, 15) is 9.59 Å². The molecule has 48 valence electrons. The highest BCUT2D eigenvalue weighted by Crippen LogP contribution is 2.07. The van der Waals surface area contributed by atoms with Crippen molar-refractivity contribution in [2.45, 2.75) is 19.8 Å². The molecule has 0 atom stereocenters. The lowest BCUT2D eigenvalue weighted by molar-refractivity contribution is 0.112. The average Bonchev–Trinajstić information content (AvgIpc) is 2.44. The van der Waals surface area contributed by atoms with Gasteiger partial charge in [-0.3, -0.25) is 9.59 Å². The standard InChI is InChI=1S/C7H8O2/c1-2-3-5-6(4-8)7(5)9/h4H,2-3H2,1H3. The Balaban J connectivity index is 2.63. The molecule has 9 heavy (non-hydrogen) atoms. The fourth-order valence-electron chi connectivity index (χ4n) is 0.845. The summed E-state index contributed by atoms with van der Waals surface area (Å²) in [6.45, 7) is 1.99. The molecule has 0 bridgehead atoms. The van der Waals surface area contributed by atoms with Gasteiger partial charge in [0.1, 0.15) is 0 Å². The van der Waals surface area contributed by atoms with Crippen molar-refractivity contribution in [3.63, 3.8) is 0 Å². The van der Waals surface area contributed by atoms with Gasteiger partial charge in [-0.05, 0) is 6.42 Å². The van der Waals surface area contributed by atoms with Crippen LogP contribution in [0.2, 0.25) is 0 Å². The predicted octanol–water partition coefficient (Wildman–Crippen LogP) is 0.687. The van der Waals surface area contributed by atoms with Crippen LogP contribution in [0, 0.1) is 0 Å². The van der Waals surface area contributed by atoms with Crippen molar-refractivity contribution in [2.24, 2.45) is 0 Å². The van der Waals surface area contributed by atoms with Gasteiger partial charge < -0.3 is 0 Å². The third kappa shape index (κ3) is 0.922. The fourth-order valence-corrected chi connectivity index (χ4v) is 0.845. The van der Waals surface area contributed by atoms with Crippen molar-refractivity contribution in [2.75, 3.05) is 0 Å². The number of rotatable bonds is 3. The number of carbonyl (C=O) groups is 1. The highest BCUT2D eigenvalue weighted by molar-refractivity contribution is 5.83. The van der Waals surface area contributed by atoms with Crippen LogP contribution in [0.4, 0.5) is 0 Å². The average molecular weight is 124 g/mol. The lowest BCUT2D eigenvalue weighted by atomic mass is 10.3. The number of carbonyl (C=O) groups excluding carboxylic acids is 1. The molecule has 0 aromatic heterocycles. The quantitative estimate of drug-likeness (QED) is 0.555. The van der Waals surface area contributed by atoms with Gasteiger partial charge >= 0.3 is 0 Å². The fraction of sp³-hybridized carbons (Fsp3) is 0.429. The summed E-state index contributed by atoms with van der Waals surface area (Å²) in [6.07, 6.45) is 2.36. The Morgan fingerprint density at radius 1 is 1.56 bits per heavy atom. The van der Waals surface area contributed by atoms with E-state index in [1.54, 1.807) is 0 Å². The van der Waals surface area contributed by atoms with Crippen LogP contribution in [0.3, 0.4) is 0 Å². The Hall–Kier alpha value is -0.920. The first-order valence-corrected chi connectivity index (χ1v) is 3.04. The molecular formula is C7H8O2. The summed E-state index contributed by atoms with van der Waals surface area (Å²) in [5.41, 5.74) is 1.14. The molecule has 0 saturated carbocycles. The van der Waals surface area contributed by atoms with Gasteiger partial charge in [-0.25, -0.2) is 0 Å². The van der Waals surface area contributed by atoms with E-state index in [4.69, 9.17) is 0 Å². The van der Waals surface area contributed by atoms with E-state index in [1.165, 1.54) is 0 Å². The summed E-state index contributed by atoms with van der Waals surface area (Å²) in [5.74, 6) is 0. The summed E-state index contributed by atoms with van der Waals surface area (Å²) >= 11 is 0. The molecule has 1 aromatic carbocycles. The van der Waals surface area contributed by atoms with E-state index in [0.717, 1.165) is 18.4 Å². The molecule has 1 rings (SSSR count). The normalized spacial score (nSPS) is 10.3. The zero-order chi connectivity index (χ0) is 6.85. The third-order valence-corrected chi connectivity index (χ3v) is 1.40. The van der Waals surface area contributed by atoms with Crippen molar-refractivity contribution in [3.8, 4) is 0 Å². The first-order chi connectivity index (χ1) is 4.31. The molecule has 2 nitrogen and oxygen atoms in total. The number of aldehydes is 1. The lowest BCUT2D eigenvalue weighted by Crippen LogP contribution is -1.79. The monoisotopic (exact) mass is 124 g/mol. The minimum absolute atomic E-state index is 0.0214. The minimum Gasteiger partial charge on any atom is -0.298 e. The van der Waals surface area contributed by atoms with E-state index >= 15 is 0 Å². The summed E-state index contributed by atoms with van der Waals surface area (Å²) < 4.78 is 0. The third-order valence-electron chi connectivity index (χ3n) is 1.40. The van der Waals surface area contributed by atoms with Crippen LogP contribution < -0.4 is 5.43 Å². The molecule has 0 heterocycles. The maximum Gasteiger partial charge on any atom is 0.193 e. The first-order valence-electron chi connectivity index (χ1n) is 3.04. The van der Waals surface area contributed by atoms with Crippen LogP contribution in [0.5, 0.6) is 0 Å². The van der Waals surface area contributed by atoms with Crippen molar-refractivity contribution in [3.05, 3.63) is 21.4 Å². The maximum atomic E-state index is 10.5. The summed E-state index contributed by atoms with van der Waals surface area (Å²) in [6, 6.07) is 0. The van der Waals surface area contributed by atoms with E-state index in [-0.39, 0.29) is 5.43 Å². The molecule has 0 saturated heterocycles. The van der Waals surface area contributed by atoms with Gasteiger partial charge in [-0.15, -0.1) is 0 Å². The largest absolute Gasteiger partial charge is 0.298 e. The second-order valence-corrected chi connectivity index (χ2v) is 2.09. The number of hydrogen-bond acceptors (Lipinski definition) is 2. The van der Waals surface area contributed by atoms with Crippen molar-refractivity contribution in [1.29, 1.82) is 0 Å².